The zero-order valence-electron chi connectivity index (χ0n) is 16.5. The van der Waals surface area contributed by atoms with E-state index in [9.17, 15) is 18.0 Å². The Kier molecular flexibility index (Phi) is 8.18. The number of ether oxygens (including phenoxy) is 2. The molecule has 0 aliphatic heterocycles. The van der Waals surface area contributed by atoms with E-state index < -0.39 is 28.5 Å². The quantitative estimate of drug-likeness (QED) is 0.453. The number of rotatable bonds is 9. The van der Waals surface area contributed by atoms with Gasteiger partial charge in [-0.15, -0.1) is 0 Å². The average molecular weight is 457 g/mol. The largest absolute Gasteiger partial charge is 0.497 e. The van der Waals surface area contributed by atoms with E-state index in [2.05, 4.69) is 5.32 Å². The highest BCUT2D eigenvalue weighted by Gasteiger charge is 2.25. The monoisotopic (exact) mass is 456 g/mol. The maximum absolute atomic E-state index is 12.4. The Morgan fingerprint density at radius 1 is 1.10 bits per heavy atom. The Morgan fingerprint density at radius 2 is 1.77 bits per heavy atom. The summed E-state index contributed by atoms with van der Waals surface area (Å²) in [6.45, 7) is -0.287. The first kappa shape index (κ1) is 23.6. The normalized spacial score (nSPS) is 11.2. The standard InChI is InChI=1S/C19H21ClN2O7S/c1-22(28-3)30(25,26)17-10-14(6-9-16(17)20)19(24)29-12-18(23)21-11-13-4-7-15(27-2)8-5-13/h4-10H,11-12H2,1-3H3,(H,21,23). The van der Waals surface area contributed by atoms with Gasteiger partial charge < -0.3 is 14.8 Å². The Hall–Kier alpha value is -2.66. The molecule has 2 rings (SSSR count). The Labute approximate surface area is 179 Å². The molecule has 0 unspecified atom stereocenters. The van der Waals surface area contributed by atoms with Gasteiger partial charge in [-0.3, -0.25) is 9.63 Å². The minimum Gasteiger partial charge on any atom is -0.497 e. The minimum absolute atomic E-state index is 0.0783. The zero-order valence-corrected chi connectivity index (χ0v) is 18.1. The fraction of sp³-hybridized carbons (Fsp3) is 0.263. The van der Waals surface area contributed by atoms with Crippen LogP contribution in [0.4, 0.5) is 0 Å². The summed E-state index contributed by atoms with van der Waals surface area (Å²) in [5, 5.41) is 2.52. The third-order valence-corrected chi connectivity index (χ3v) is 6.18. The average Bonchev–Trinajstić information content (AvgIpc) is 2.75. The lowest BCUT2D eigenvalue weighted by Gasteiger charge is -2.15. The van der Waals surface area contributed by atoms with Crippen LogP contribution in [-0.4, -0.2) is 52.6 Å². The van der Waals surface area contributed by atoms with Crippen LogP contribution < -0.4 is 10.1 Å². The van der Waals surface area contributed by atoms with Crippen molar-refractivity contribution in [2.24, 2.45) is 0 Å². The van der Waals surface area contributed by atoms with E-state index in [0.29, 0.717) is 10.2 Å². The molecular formula is C19H21ClN2O7S. The summed E-state index contributed by atoms with van der Waals surface area (Å²) in [5.74, 6) is -0.692. The summed E-state index contributed by atoms with van der Waals surface area (Å²) >= 11 is 5.95. The lowest BCUT2D eigenvalue weighted by Crippen LogP contribution is -2.28. The van der Waals surface area contributed by atoms with Gasteiger partial charge in [-0.2, -0.15) is 0 Å². The second-order valence-electron chi connectivity index (χ2n) is 5.94. The van der Waals surface area contributed by atoms with Gasteiger partial charge in [-0.05, 0) is 35.9 Å². The van der Waals surface area contributed by atoms with Crippen molar-refractivity contribution in [2.45, 2.75) is 11.4 Å². The van der Waals surface area contributed by atoms with E-state index >= 15 is 0 Å². The fourth-order valence-electron chi connectivity index (χ4n) is 2.27. The third-order valence-electron chi connectivity index (χ3n) is 4.02. The number of carbonyl (C=O) groups excluding carboxylic acids is 2. The summed E-state index contributed by atoms with van der Waals surface area (Å²) in [6.07, 6.45) is 0. The summed E-state index contributed by atoms with van der Waals surface area (Å²) in [6, 6.07) is 10.7. The van der Waals surface area contributed by atoms with Gasteiger partial charge in [0.25, 0.3) is 15.9 Å². The van der Waals surface area contributed by atoms with E-state index in [1.54, 1.807) is 31.4 Å². The number of hydroxylamine groups is 1. The summed E-state index contributed by atoms with van der Waals surface area (Å²) < 4.78 is 35.4. The highest BCUT2D eigenvalue weighted by molar-refractivity contribution is 7.89. The molecule has 0 bridgehead atoms. The Bertz CT molecular complexity index is 1010. The predicted octanol–water partition coefficient (Wildman–Crippen LogP) is 2.00. The number of benzene rings is 2. The van der Waals surface area contributed by atoms with Gasteiger partial charge in [0, 0.05) is 13.6 Å². The van der Waals surface area contributed by atoms with E-state index in [4.69, 9.17) is 25.9 Å². The van der Waals surface area contributed by atoms with E-state index in [-0.39, 0.29) is 22.0 Å². The lowest BCUT2D eigenvalue weighted by molar-refractivity contribution is -0.124. The predicted molar refractivity (Wildman–Crippen MR) is 109 cm³/mol. The third kappa shape index (κ3) is 5.92. The van der Waals surface area contributed by atoms with Crippen molar-refractivity contribution in [2.75, 3.05) is 27.9 Å². The van der Waals surface area contributed by atoms with Gasteiger partial charge in [0.2, 0.25) is 0 Å². The maximum atomic E-state index is 12.4. The molecule has 0 radical (unpaired) electrons. The first-order valence-corrected chi connectivity index (χ1v) is 10.4. The molecule has 2 aromatic carbocycles. The molecule has 0 aliphatic carbocycles. The highest BCUT2D eigenvalue weighted by atomic mass is 35.5. The number of sulfonamides is 1. The highest BCUT2D eigenvalue weighted by Crippen LogP contribution is 2.25. The second kappa shape index (κ2) is 10.4. The van der Waals surface area contributed by atoms with Gasteiger partial charge in [-0.25, -0.2) is 13.2 Å². The van der Waals surface area contributed by atoms with Crippen LogP contribution in [0.15, 0.2) is 47.4 Å². The molecule has 30 heavy (non-hydrogen) atoms. The van der Waals surface area contributed by atoms with Crippen LogP contribution in [0.2, 0.25) is 5.02 Å². The number of nitrogens with one attached hydrogen (secondary N) is 1. The number of amides is 1. The molecule has 2 aromatic rings. The Morgan fingerprint density at radius 3 is 2.37 bits per heavy atom. The van der Waals surface area contributed by atoms with Crippen molar-refractivity contribution in [1.29, 1.82) is 0 Å². The fourth-order valence-corrected chi connectivity index (χ4v) is 3.75. The molecule has 0 atom stereocenters. The van der Waals surface area contributed by atoms with Crippen LogP contribution in [-0.2, 0) is 30.9 Å². The van der Waals surface area contributed by atoms with Crippen LogP contribution >= 0.6 is 11.6 Å². The molecule has 0 spiro atoms. The van der Waals surface area contributed by atoms with Crippen molar-refractivity contribution in [3.63, 3.8) is 0 Å². The number of hydrogen-bond acceptors (Lipinski definition) is 7. The summed E-state index contributed by atoms with van der Waals surface area (Å²) in [7, 11) is -0.154. The van der Waals surface area contributed by atoms with Crippen molar-refractivity contribution in [3.05, 3.63) is 58.6 Å². The SMILES string of the molecule is COc1ccc(CNC(=O)COC(=O)c2ccc(Cl)c(S(=O)(=O)N(C)OC)c2)cc1. The molecule has 0 fully saturated rings. The van der Waals surface area contributed by atoms with E-state index in [0.717, 1.165) is 11.6 Å². The van der Waals surface area contributed by atoms with Gasteiger partial charge in [0.1, 0.15) is 10.6 Å². The lowest BCUT2D eigenvalue weighted by atomic mass is 10.2. The molecule has 0 aliphatic rings. The van der Waals surface area contributed by atoms with Crippen molar-refractivity contribution in [3.8, 4) is 5.75 Å². The molecule has 11 heteroatoms. The van der Waals surface area contributed by atoms with Crippen molar-refractivity contribution >= 4 is 33.5 Å². The first-order valence-electron chi connectivity index (χ1n) is 8.58. The van der Waals surface area contributed by atoms with Crippen LogP contribution in [0.5, 0.6) is 5.75 Å². The molecule has 0 saturated heterocycles. The first-order chi connectivity index (χ1) is 14.2. The van der Waals surface area contributed by atoms with E-state index in [1.807, 2.05) is 0 Å². The van der Waals surface area contributed by atoms with Crippen LogP contribution in [0, 0.1) is 0 Å². The number of esters is 1. The van der Waals surface area contributed by atoms with Crippen molar-refractivity contribution < 1.29 is 32.3 Å². The molecule has 0 saturated carbocycles. The molecule has 0 aromatic heterocycles. The maximum Gasteiger partial charge on any atom is 0.338 e. The Balaban J connectivity index is 1.97. The molecule has 1 N–H and O–H groups in total. The smallest absolute Gasteiger partial charge is 0.338 e. The minimum atomic E-state index is -4.07. The van der Waals surface area contributed by atoms with Gasteiger partial charge in [-0.1, -0.05) is 28.2 Å². The summed E-state index contributed by atoms with van der Waals surface area (Å²) in [5.41, 5.74) is 0.760. The van der Waals surface area contributed by atoms with Crippen LogP contribution in [0.1, 0.15) is 15.9 Å². The second-order valence-corrected chi connectivity index (χ2v) is 8.25. The molecular weight excluding hydrogens is 436 g/mol. The van der Waals surface area contributed by atoms with Gasteiger partial charge >= 0.3 is 5.97 Å². The number of halogens is 1. The summed E-state index contributed by atoms with van der Waals surface area (Å²) in [4.78, 5) is 28.5. The number of methoxy groups -OCH3 is 1. The molecule has 0 heterocycles. The van der Waals surface area contributed by atoms with Crippen molar-refractivity contribution in [1.82, 2.24) is 9.79 Å². The number of carbonyl (C=O) groups is 2. The topological polar surface area (TPSA) is 111 Å². The van der Waals surface area contributed by atoms with Gasteiger partial charge in [0.15, 0.2) is 6.61 Å². The van der Waals surface area contributed by atoms with Crippen LogP contribution in [0.3, 0.4) is 0 Å². The number of hydrogen-bond donors (Lipinski definition) is 1. The van der Waals surface area contributed by atoms with Crippen LogP contribution in [0.25, 0.3) is 0 Å². The number of nitrogens with zero attached hydrogens (tertiary/aromatic N) is 1. The zero-order chi connectivity index (χ0) is 22.3. The van der Waals surface area contributed by atoms with Gasteiger partial charge in [0.05, 0.1) is 24.8 Å². The molecule has 162 valence electrons. The molecule has 1 amide bonds. The van der Waals surface area contributed by atoms with E-state index in [1.165, 1.54) is 26.3 Å². The molecule has 9 nitrogen and oxygen atoms in total.